The first-order valence-electron chi connectivity index (χ1n) is 6.92. The second kappa shape index (κ2) is 6.35. The number of amides is 1. The lowest BCUT2D eigenvalue weighted by atomic mass is 10.1. The van der Waals surface area contributed by atoms with Gasteiger partial charge in [0, 0.05) is 29.4 Å². The molecule has 5 nitrogen and oxygen atoms in total. The predicted octanol–water partition coefficient (Wildman–Crippen LogP) is 2.73. The van der Waals surface area contributed by atoms with Crippen molar-refractivity contribution in [2.45, 2.75) is 27.2 Å². The minimum atomic E-state index is -0.188. The Morgan fingerprint density at radius 2 is 2.10 bits per heavy atom. The third kappa shape index (κ3) is 4.27. The Kier molecular flexibility index (Phi) is 4.52. The maximum Gasteiger partial charge on any atom is 0.251 e. The molecule has 0 spiro atoms. The van der Waals surface area contributed by atoms with Crippen molar-refractivity contribution in [1.82, 2.24) is 9.97 Å². The molecule has 0 aliphatic heterocycles. The molecule has 2 N–H and O–H groups in total. The third-order valence-corrected chi connectivity index (χ3v) is 2.88. The molecule has 0 bridgehead atoms. The van der Waals surface area contributed by atoms with Crippen LogP contribution in [-0.4, -0.2) is 15.9 Å². The Balaban J connectivity index is 2.25. The van der Waals surface area contributed by atoms with Gasteiger partial charge < -0.3 is 10.3 Å². The molecule has 0 radical (unpaired) electrons. The summed E-state index contributed by atoms with van der Waals surface area (Å²) in [5, 5.41) is 2.85. The van der Waals surface area contributed by atoms with Crippen LogP contribution in [0.2, 0.25) is 0 Å². The number of hydrogen-bond acceptors (Lipinski definition) is 3. The maximum absolute atomic E-state index is 11.8. The number of nitrogens with zero attached hydrogens (tertiary/aromatic N) is 1. The number of carbonyl (C=O) groups excluding carboxylic acids is 1. The Labute approximate surface area is 123 Å². The number of aryl methyl sites for hydroxylation is 1. The van der Waals surface area contributed by atoms with Gasteiger partial charge in [-0.1, -0.05) is 26.0 Å². The van der Waals surface area contributed by atoms with E-state index in [4.69, 9.17) is 0 Å². The molecule has 5 heteroatoms. The molecule has 110 valence electrons. The highest BCUT2D eigenvalue weighted by Crippen LogP contribution is 2.19. The molecule has 0 fully saturated rings. The molecule has 0 saturated heterocycles. The largest absolute Gasteiger partial charge is 0.326 e. The summed E-state index contributed by atoms with van der Waals surface area (Å²) in [6.07, 6.45) is 0.476. The summed E-state index contributed by atoms with van der Waals surface area (Å²) >= 11 is 0. The van der Waals surface area contributed by atoms with Crippen LogP contribution in [0.15, 0.2) is 35.1 Å². The summed E-state index contributed by atoms with van der Waals surface area (Å²) in [5.41, 5.74) is 1.93. The van der Waals surface area contributed by atoms with Gasteiger partial charge in [-0.2, -0.15) is 0 Å². The first kappa shape index (κ1) is 15.0. The summed E-state index contributed by atoms with van der Waals surface area (Å²) in [6, 6.07) is 8.72. The van der Waals surface area contributed by atoms with Crippen LogP contribution >= 0.6 is 0 Å². The topological polar surface area (TPSA) is 74.8 Å². The number of aromatic amines is 1. The minimum Gasteiger partial charge on any atom is -0.326 e. The molecule has 0 aliphatic rings. The van der Waals surface area contributed by atoms with E-state index in [2.05, 4.69) is 15.3 Å². The smallest absolute Gasteiger partial charge is 0.251 e. The van der Waals surface area contributed by atoms with Gasteiger partial charge in [0.2, 0.25) is 5.91 Å². The highest BCUT2D eigenvalue weighted by Gasteiger charge is 2.07. The van der Waals surface area contributed by atoms with Crippen molar-refractivity contribution in [2.24, 2.45) is 5.92 Å². The molecule has 1 aromatic heterocycles. The van der Waals surface area contributed by atoms with Gasteiger partial charge in [0.25, 0.3) is 5.56 Å². The van der Waals surface area contributed by atoms with Gasteiger partial charge in [0.15, 0.2) is 0 Å². The van der Waals surface area contributed by atoms with E-state index >= 15 is 0 Å². The summed E-state index contributed by atoms with van der Waals surface area (Å²) in [5.74, 6) is 0.788. The van der Waals surface area contributed by atoms with E-state index in [9.17, 15) is 9.59 Å². The molecule has 2 rings (SSSR count). The Hall–Kier alpha value is -2.43. The summed E-state index contributed by atoms with van der Waals surface area (Å²) in [4.78, 5) is 30.3. The van der Waals surface area contributed by atoms with Crippen molar-refractivity contribution in [3.8, 4) is 11.4 Å². The molecular weight excluding hydrogens is 266 g/mol. The molecule has 1 aromatic carbocycles. The van der Waals surface area contributed by atoms with Crippen molar-refractivity contribution in [1.29, 1.82) is 0 Å². The fourth-order valence-electron chi connectivity index (χ4n) is 2.04. The molecule has 0 saturated carbocycles. The van der Waals surface area contributed by atoms with Crippen LogP contribution in [0.4, 0.5) is 5.69 Å². The maximum atomic E-state index is 11.8. The second-order valence-electron chi connectivity index (χ2n) is 5.46. The van der Waals surface area contributed by atoms with E-state index in [0.717, 1.165) is 5.56 Å². The Bertz CT molecular complexity index is 705. The van der Waals surface area contributed by atoms with Gasteiger partial charge in [-0.25, -0.2) is 4.98 Å². The van der Waals surface area contributed by atoms with Gasteiger partial charge >= 0.3 is 0 Å². The number of aromatic nitrogens is 2. The van der Waals surface area contributed by atoms with Crippen LogP contribution in [0.5, 0.6) is 0 Å². The standard InChI is InChI=1S/C16H19N3O2/c1-10(2)7-14(20)18-13-6-4-5-12(9-13)16-17-11(3)8-15(21)19-16/h4-6,8-10H,7H2,1-3H3,(H,18,20)(H,17,19,21). The van der Waals surface area contributed by atoms with Gasteiger partial charge in [-0.15, -0.1) is 0 Å². The van der Waals surface area contributed by atoms with Crippen LogP contribution in [0.3, 0.4) is 0 Å². The zero-order valence-corrected chi connectivity index (χ0v) is 12.4. The Morgan fingerprint density at radius 1 is 1.33 bits per heavy atom. The molecule has 2 aromatic rings. The number of rotatable bonds is 4. The molecular formula is C16H19N3O2. The van der Waals surface area contributed by atoms with E-state index in [0.29, 0.717) is 29.5 Å². The summed E-state index contributed by atoms with van der Waals surface area (Å²) in [7, 11) is 0. The van der Waals surface area contributed by atoms with Gasteiger partial charge in [0.05, 0.1) is 0 Å². The zero-order chi connectivity index (χ0) is 15.4. The summed E-state index contributed by atoms with van der Waals surface area (Å²) < 4.78 is 0. The molecule has 1 heterocycles. The van der Waals surface area contributed by atoms with Crippen molar-refractivity contribution >= 4 is 11.6 Å². The van der Waals surface area contributed by atoms with Gasteiger partial charge in [-0.05, 0) is 25.0 Å². The third-order valence-electron chi connectivity index (χ3n) is 2.88. The molecule has 21 heavy (non-hydrogen) atoms. The van der Waals surface area contributed by atoms with E-state index in [1.807, 2.05) is 32.0 Å². The first-order valence-corrected chi connectivity index (χ1v) is 6.92. The minimum absolute atomic E-state index is 0.0205. The number of hydrogen-bond donors (Lipinski definition) is 2. The SMILES string of the molecule is Cc1cc(=O)[nH]c(-c2cccc(NC(=O)CC(C)C)c2)n1. The van der Waals surface area contributed by atoms with Crippen LogP contribution in [0.25, 0.3) is 11.4 Å². The van der Waals surface area contributed by atoms with Crippen LogP contribution in [0, 0.1) is 12.8 Å². The lowest BCUT2D eigenvalue weighted by Crippen LogP contribution is -2.14. The number of carbonyl (C=O) groups is 1. The molecule has 0 aliphatic carbocycles. The van der Waals surface area contributed by atoms with Crippen molar-refractivity contribution in [2.75, 3.05) is 5.32 Å². The van der Waals surface area contributed by atoms with Crippen molar-refractivity contribution in [3.05, 3.63) is 46.4 Å². The van der Waals surface area contributed by atoms with E-state index in [-0.39, 0.29) is 11.5 Å². The van der Waals surface area contributed by atoms with E-state index in [1.54, 1.807) is 13.0 Å². The number of H-pyrrole nitrogens is 1. The van der Waals surface area contributed by atoms with E-state index in [1.165, 1.54) is 6.07 Å². The quantitative estimate of drug-likeness (QED) is 0.907. The highest BCUT2D eigenvalue weighted by molar-refractivity contribution is 5.91. The molecule has 0 atom stereocenters. The fraction of sp³-hybridized carbons (Fsp3) is 0.312. The zero-order valence-electron chi connectivity index (χ0n) is 12.4. The highest BCUT2D eigenvalue weighted by atomic mass is 16.1. The monoisotopic (exact) mass is 285 g/mol. The molecule has 0 unspecified atom stereocenters. The van der Waals surface area contributed by atoms with E-state index < -0.39 is 0 Å². The molecule has 1 amide bonds. The number of nitrogens with one attached hydrogen (secondary N) is 2. The average molecular weight is 285 g/mol. The van der Waals surface area contributed by atoms with Crippen molar-refractivity contribution < 1.29 is 4.79 Å². The number of benzene rings is 1. The lowest BCUT2D eigenvalue weighted by molar-refractivity contribution is -0.116. The van der Waals surface area contributed by atoms with Crippen LogP contribution < -0.4 is 10.9 Å². The normalized spacial score (nSPS) is 10.7. The predicted molar refractivity (Wildman–Crippen MR) is 83.1 cm³/mol. The van der Waals surface area contributed by atoms with Gasteiger partial charge in [0.1, 0.15) is 5.82 Å². The second-order valence-corrected chi connectivity index (χ2v) is 5.46. The number of anilines is 1. The first-order chi connectivity index (χ1) is 9.94. The van der Waals surface area contributed by atoms with Crippen molar-refractivity contribution in [3.63, 3.8) is 0 Å². The summed E-state index contributed by atoms with van der Waals surface area (Å²) in [6.45, 7) is 5.77. The average Bonchev–Trinajstić information content (AvgIpc) is 2.36. The van der Waals surface area contributed by atoms with Crippen LogP contribution in [0.1, 0.15) is 26.0 Å². The van der Waals surface area contributed by atoms with Gasteiger partial charge in [-0.3, -0.25) is 9.59 Å². The lowest BCUT2D eigenvalue weighted by Gasteiger charge is -2.09. The van der Waals surface area contributed by atoms with Crippen LogP contribution in [-0.2, 0) is 4.79 Å². The fourth-order valence-corrected chi connectivity index (χ4v) is 2.04. The Morgan fingerprint density at radius 3 is 2.76 bits per heavy atom.